The van der Waals surface area contributed by atoms with Crippen molar-refractivity contribution in [1.82, 2.24) is 19.7 Å². The minimum absolute atomic E-state index is 0.119. The Labute approximate surface area is 206 Å². The third kappa shape index (κ3) is 4.95. The quantitative estimate of drug-likeness (QED) is 0.501. The highest BCUT2D eigenvalue weighted by Crippen LogP contribution is 2.30. The van der Waals surface area contributed by atoms with Crippen LogP contribution < -0.4 is 14.5 Å². The first-order valence-electron chi connectivity index (χ1n) is 12.0. The molecule has 1 unspecified atom stereocenters. The fourth-order valence-electron chi connectivity index (χ4n) is 4.72. The van der Waals surface area contributed by atoms with Crippen LogP contribution in [0.1, 0.15) is 38.3 Å². The van der Waals surface area contributed by atoms with E-state index in [-0.39, 0.29) is 6.04 Å². The third-order valence-corrected chi connectivity index (χ3v) is 10.3. The molecule has 1 atom stereocenters. The van der Waals surface area contributed by atoms with Gasteiger partial charge < -0.3 is 14.5 Å². The topological polar surface area (TPSA) is 83.5 Å². The predicted molar refractivity (Wildman–Crippen MR) is 141 cm³/mol. The van der Waals surface area contributed by atoms with Crippen LogP contribution in [-0.4, -0.2) is 70.9 Å². The summed E-state index contributed by atoms with van der Waals surface area (Å²) in [4.78, 5) is 18.5. The van der Waals surface area contributed by atoms with E-state index in [2.05, 4.69) is 61.5 Å². The van der Waals surface area contributed by atoms with E-state index >= 15 is 0 Å². The molecule has 1 aromatic carbocycles. The highest BCUT2D eigenvalue weighted by molar-refractivity contribution is 8.02. The lowest BCUT2D eigenvalue weighted by Crippen LogP contribution is -2.49. The smallest absolute Gasteiger partial charge is 0.168 e. The Kier molecular flexibility index (Phi) is 6.83. The molecule has 3 aromatic rings. The second kappa shape index (κ2) is 9.85. The summed E-state index contributed by atoms with van der Waals surface area (Å²) in [6, 6.07) is 6.57. The molecule has 0 spiro atoms. The molecule has 184 valence electrons. The van der Waals surface area contributed by atoms with Gasteiger partial charge in [-0.15, -0.1) is 11.3 Å². The second-order valence-electron chi connectivity index (χ2n) is 9.55. The van der Waals surface area contributed by atoms with Gasteiger partial charge in [0.25, 0.3) is 0 Å². The molecule has 2 saturated heterocycles. The molecule has 34 heavy (non-hydrogen) atoms. The Hall–Kier alpha value is -2.14. The molecule has 0 radical (unpaired) electrons. The second-order valence-corrected chi connectivity index (χ2v) is 13.2. The molecule has 0 amide bonds. The molecule has 2 fully saturated rings. The van der Waals surface area contributed by atoms with Crippen molar-refractivity contribution in [3.05, 3.63) is 35.6 Å². The average Bonchev–Trinajstić information content (AvgIpc) is 3.36. The van der Waals surface area contributed by atoms with Gasteiger partial charge >= 0.3 is 0 Å². The minimum Gasteiger partial charge on any atom is -0.378 e. The number of thiol groups is 1. The first kappa shape index (κ1) is 23.6. The molecule has 2 aliphatic rings. The number of piperidine rings is 1. The van der Waals surface area contributed by atoms with E-state index in [1.165, 1.54) is 17.0 Å². The fourth-order valence-corrected chi connectivity index (χ4v) is 7.87. The summed E-state index contributed by atoms with van der Waals surface area (Å²) < 4.78 is 23.2. The largest absolute Gasteiger partial charge is 0.378 e. The Morgan fingerprint density at radius 2 is 2.00 bits per heavy atom. The van der Waals surface area contributed by atoms with Crippen LogP contribution in [0.2, 0.25) is 0 Å². The Morgan fingerprint density at radius 3 is 2.76 bits per heavy atom. The van der Waals surface area contributed by atoms with Gasteiger partial charge in [-0.25, -0.2) is 19.7 Å². The van der Waals surface area contributed by atoms with Gasteiger partial charge in [0.05, 0.1) is 24.4 Å². The summed E-state index contributed by atoms with van der Waals surface area (Å²) in [5.41, 5.74) is 3.14. The molecular weight excluding hydrogens is 468 g/mol. The van der Waals surface area contributed by atoms with Crippen LogP contribution in [0.3, 0.4) is 0 Å². The molecule has 0 aliphatic carbocycles. The zero-order valence-corrected chi connectivity index (χ0v) is 21.8. The van der Waals surface area contributed by atoms with E-state index in [1.807, 2.05) is 11.6 Å². The summed E-state index contributed by atoms with van der Waals surface area (Å²) >= 11 is 1.50. The SMILES string of the molecule is CC(C)c1csc([SH](C)(=O)NC2CCCN(c3ncnc4cc(N5CCOCC5)ccc34)C2)n1. The lowest BCUT2D eigenvalue weighted by Gasteiger charge is -2.36. The standard InChI is InChI=1S/C24H34N6O2S2/c1-17(2)22-15-33-24(27-22)34(3,31)28-18-5-4-8-30(14-18)23-20-7-6-19(13-21(20)25-16-26-23)29-9-11-32-12-10-29/h6-7,13,15-18,34H,4-5,8-12,14H2,1-3H3,(H,28,31). The number of ether oxygens (including phenoxy) is 1. The average molecular weight is 503 g/mol. The predicted octanol–water partition coefficient (Wildman–Crippen LogP) is 3.23. The van der Waals surface area contributed by atoms with Crippen molar-refractivity contribution >= 4 is 43.9 Å². The fraction of sp³-hybridized carbons (Fsp3) is 0.542. The normalized spacial score (nSPS) is 20.3. The minimum atomic E-state index is -2.74. The number of aromatic nitrogens is 3. The van der Waals surface area contributed by atoms with Crippen LogP contribution >= 0.6 is 11.3 Å². The summed E-state index contributed by atoms with van der Waals surface area (Å²) in [7, 11) is -2.74. The van der Waals surface area contributed by atoms with E-state index in [1.54, 1.807) is 6.33 Å². The van der Waals surface area contributed by atoms with Crippen molar-refractivity contribution < 1.29 is 8.95 Å². The number of fused-ring (bicyclic) bond motifs is 1. The lowest BCUT2D eigenvalue weighted by atomic mass is 10.1. The van der Waals surface area contributed by atoms with Gasteiger partial charge in [-0.1, -0.05) is 13.8 Å². The number of nitrogens with zero attached hydrogens (tertiary/aromatic N) is 5. The van der Waals surface area contributed by atoms with Crippen LogP contribution in [0.5, 0.6) is 0 Å². The number of thiazole rings is 1. The van der Waals surface area contributed by atoms with Crippen LogP contribution in [0.15, 0.2) is 34.2 Å². The van der Waals surface area contributed by atoms with Crippen molar-refractivity contribution in [2.24, 2.45) is 0 Å². The van der Waals surface area contributed by atoms with Crippen molar-refractivity contribution in [3.8, 4) is 0 Å². The highest BCUT2D eigenvalue weighted by atomic mass is 32.3. The number of benzene rings is 1. The van der Waals surface area contributed by atoms with Gasteiger partial charge in [0, 0.05) is 54.9 Å². The zero-order valence-electron chi connectivity index (χ0n) is 20.1. The summed E-state index contributed by atoms with van der Waals surface area (Å²) in [5.74, 6) is 1.29. The van der Waals surface area contributed by atoms with Crippen molar-refractivity contribution in [2.45, 2.75) is 43.0 Å². The van der Waals surface area contributed by atoms with Gasteiger partial charge in [0.2, 0.25) is 0 Å². The molecule has 1 N–H and O–H groups in total. The Balaban J connectivity index is 1.33. The van der Waals surface area contributed by atoms with Gasteiger partial charge in [0.1, 0.15) is 12.1 Å². The molecule has 2 aromatic heterocycles. The first-order chi connectivity index (χ1) is 16.4. The number of anilines is 2. The molecule has 10 heteroatoms. The van der Waals surface area contributed by atoms with Crippen LogP contribution in [0.25, 0.3) is 10.9 Å². The maximum absolute atomic E-state index is 13.5. The molecule has 5 rings (SSSR count). The van der Waals surface area contributed by atoms with E-state index in [4.69, 9.17) is 4.74 Å². The number of hydrogen-bond acceptors (Lipinski definition) is 8. The molecule has 0 saturated carbocycles. The van der Waals surface area contributed by atoms with Crippen molar-refractivity contribution in [3.63, 3.8) is 0 Å². The van der Waals surface area contributed by atoms with Crippen LogP contribution in [0, 0.1) is 0 Å². The van der Waals surface area contributed by atoms with E-state index in [9.17, 15) is 4.21 Å². The highest BCUT2D eigenvalue weighted by Gasteiger charge is 2.27. The van der Waals surface area contributed by atoms with Gasteiger partial charge in [-0.3, -0.25) is 4.21 Å². The number of nitrogens with one attached hydrogen (secondary N) is 1. The number of rotatable bonds is 6. The van der Waals surface area contributed by atoms with Gasteiger partial charge in [-0.2, -0.15) is 0 Å². The molecule has 8 nitrogen and oxygen atoms in total. The molecule has 4 heterocycles. The first-order valence-corrected chi connectivity index (χ1v) is 15.1. The summed E-state index contributed by atoms with van der Waals surface area (Å²) in [6.45, 7) is 9.24. The van der Waals surface area contributed by atoms with Crippen molar-refractivity contribution in [2.75, 3.05) is 55.4 Å². The van der Waals surface area contributed by atoms with Gasteiger partial charge in [0.15, 0.2) is 4.34 Å². The van der Waals surface area contributed by atoms with Crippen LogP contribution in [0.4, 0.5) is 11.5 Å². The monoisotopic (exact) mass is 502 g/mol. The summed E-state index contributed by atoms with van der Waals surface area (Å²) in [6.07, 6.45) is 5.47. The molecule has 0 bridgehead atoms. The van der Waals surface area contributed by atoms with Gasteiger partial charge in [-0.05, 0) is 47.1 Å². The summed E-state index contributed by atoms with van der Waals surface area (Å²) in [5, 5.41) is 3.09. The van der Waals surface area contributed by atoms with E-state index in [0.717, 1.165) is 79.0 Å². The third-order valence-electron chi connectivity index (χ3n) is 6.59. The van der Waals surface area contributed by atoms with E-state index in [0.29, 0.717) is 5.92 Å². The molecule has 2 aliphatic heterocycles. The molecular formula is C24H34N6O2S2. The lowest BCUT2D eigenvalue weighted by molar-refractivity contribution is 0.122. The Bertz CT molecular complexity index is 1190. The number of morpholine rings is 1. The Morgan fingerprint density at radius 1 is 1.18 bits per heavy atom. The maximum Gasteiger partial charge on any atom is 0.168 e. The maximum atomic E-state index is 13.5. The van der Waals surface area contributed by atoms with Crippen LogP contribution in [-0.2, 0) is 14.9 Å². The zero-order chi connectivity index (χ0) is 23.7. The number of hydrogen-bond donors (Lipinski definition) is 2. The van der Waals surface area contributed by atoms with E-state index < -0.39 is 10.1 Å². The van der Waals surface area contributed by atoms with Crippen molar-refractivity contribution in [1.29, 1.82) is 0 Å².